The van der Waals surface area contributed by atoms with Gasteiger partial charge < -0.3 is 15.0 Å². The molecule has 2 saturated heterocycles. The Labute approximate surface area is 184 Å². The van der Waals surface area contributed by atoms with Crippen molar-refractivity contribution < 1.29 is 9.53 Å². The van der Waals surface area contributed by atoms with Crippen molar-refractivity contribution in [3.63, 3.8) is 0 Å². The smallest absolute Gasteiger partial charge is 0.226 e. The largest absolute Gasteiger partial charge is 0.489 e. The summed E-state index contributed by atoms with van der Waals surface area (Å²) in [7, 11) is 1.96. The first-order valence-corrected chi connectivity index (χ1v) is 10.4. The minimum atomic E-state index is 0. The van der Waals surface area contributed by atoms with E-state index >= 15 is 0 Å². The molecule has 2 aromatic rings. The summed E-state index contributed by atoms with van der Waals surface area (Å²) in [5.41, 5.74) is 2.05. The fourth-order valence-electron chi connectivity index (χ4n) is 4.34. The van der Waals surface area contributed by atoms with Gasteiger partial charge in [-0.1, -0.05) is 35.9 Å². The monoisotopic (exact) mass is 434 g/mol. The number of likely N-dealkylation sites (N-methyl/N-ethyl adjacent to an activating group) is 1. The number of carbonyl (C=O) groups excluding carboxylic acids is 1. The molecule has 0 saturated carbocycles. The van der Waals surface area contributed by atoms with Crippen molar-refractivity contribution in [1.82, 2.24) is 10.2 Å². The van der Waals surface area contributed by atoms with Crippen LogP contribution in [0.2, 0.25) is 5.02 Å². The summed E-state index contributed by atoms with van der Waals surface area (Å²) < 4.78 is 5.89. The topological polar surface area (TPSA) is 41.6 Å². The average Bonchev–Trinajstić information content (AvgIpc) is 3.05. The molecule has 0 aliphatic carbocycles. The Kier molecular flexibility index (Phi) is 7.44. The Morgan fingerprint density at radius 1 is 1.10 bits per heavy atom. The number of halogens is 2. The summed E-state index contributed by atoms with van der Waals surface area (Å²) in [5.74, 6) is 0.962. The zero-order valence-electron chi connectivity index (χ0n) is 16.6. The molecule has 2 aliphatic rings. The molecule has 1 N–H and O–H groups in total. The first-order valence-electron chi connectivity index (χ1n) is 10.0. The number of piperidine rings is 1. The molecule has 0 aromatic heterocycles. The molecule has 156 valence electrons. The van der Waals surface area contributed by atoms with Gasteiger partial charge in [-0.05, 0) is 61.1 Å². The summed E-state index contributed by atoms with van der Waals surface area (Å²) in [6, 6.07) is 17.0. The van der Waals surface area contributed by atoms with Crippen LogP contribution in [0.4, 0.5) is 0 Å². The van der Waals surface area contributed by atoms with Gasteiger partial charge in [-0.3, -0.25) is 4.79 Å². The molecule has 1 amide bonds. The van der Waals surface area contributed by atoms with Crippen LogP contribution in [-0.2, 0) is 17.8 Å². The van der Waals surface area contributed by atoms with E-state index in [0.29, 0.717) is 31.2 Å². The van der Waals surface area contributed by atoms with Crippen molar-refractivity contribution in [2.45, 2.75) is 56.8 Å². The lowest BCUT2D eigenvalue weighted by atomic mass is 9.98. The molecule has 6 heteroatoms. The zero-order chi connectivity index (χ0) is 19.5. The van der Waals surface area contributed by atoms with Crippen LogP contribution in [0.1, 0.15) is 36.8 Å². The zero-order valence-corrected chi connectivity index (χ0v) is 18.2. The third-order valence-electron chi connectivity index (χ3n) is 5.96. The first kappa shape index (κ1) is 21.9. The Bertz CT molecular complexity index is 816. The molecule has 0 radical (unpaired) electrons. The molecule has 2 unspecified atom stereocenters. The van der Waals surface area contributed by atoms with E-state index in [9.17, 15) is 4.79 Å². The average molecular weight is 435 g/mol. The van der Waals surface area contributed by atoms with E-state index in [2.05, 4.69) is 5.32 Å². The maximum atomic E-state index is 12.8. The number of fused-ring (bicyclic) bond motifs is 2. The Morgan fingerprint density at radius 2 is 1.79 bits per heavy atom. The molecule has 4 nitrogen and oxygen atoms in total. The number of ether oxygens (including phenoxy) is 1. The molecule has 2 fully saturated rings. The predicted molar refractivity (Wildman–Crippen MR) is 119 cm³/mol. The number of nitrogens with one attached hydrogen (secondary N) is 1. The lowest BCUT2D eigenvalue weighted by Crippen LogP contribution is -2.49. The minimum Gasteiger partial charge on any atom is -0.489 e. The Hall–Kier alpha value is -1.75. The SMILES string of the molecule is CN(C(=O)Cc1cccc(OCc2ccc(Cl)cc2)c1)C1CC2CCC(C1)N2.Cl. The highest BCUT2D eigenvalue weighted by Gasteiger charge is 2.36. The maximum Gasteiger partial charge on any atom is 0.226 e. The molecule has 0 spiro atoms. The van der Waals surface area contributed by atoms with Crippen LogP contribution in [0.15, 0.2) is 48.5 Å². The molecule has 2 aliphatic heterocycles. The maximum absolute atomic E-state index is 12.8. The van der Waals surface area contributed by atoms with Crippen LogP contribution in [-0.4, -0.2) is 36.0 Å². The van der Waals surface area contributed by atoms with Gasteiger partial charge >= 0.3 is 0 Å². The number of nitrogens with zero attached hydrogens (tertiary/aromatic N) is 1. The van der Waals surface area contributed by atoms with Crippen LogP contribution in [0.3, 0.4) is 0 Å². The molecule has 2 atom stereocenters. The predicted octanol–water partition coefficient (Wildman–Crippen LogP) is 4.62. The Morgan fingerprint density at radius 3 is 2.48 bits per heavy atom. The van der Waals surface area contributed by atoms with Crippen LogP contribution in [0.5, 0.6) is 5.75 Å². The number of amides is 1. The van der Waals surface area contributed by atoms with Gasteiger partial charge in [0.2, 0.25) is 5.91 Å². The van der Waals surface area contributed by atoms with Gasteiger partial charge in [0.25, 0.3) is 0 Å². The van der Waals surface area contributed by atoms with Crippen LogP contribution < -0.4 is 10.1 Å². The summed E-state index contributed by atoms with van der Waals surface area (Å²) in [5, 5.41) is 4.36. The number of rotatable bonds is 6. The molecule has 4 rings (SSSR count). The van der Waals surface area contributed by atoms with Crippen molar-refractivity contribution >= 4 is 29.9 Å². The normalized spacial score (nSPS) is 22.6. The quantitative estimate of drug-likeness (QED) is 0.720. The molecule has 2 aromatic carbocycles. The van der Waals surface area contributed by atoms with Gasteiger partial charge in [-0.15, -0.1) is 12.4 Å². The van der Waals surface area contributed by atoms with Gasteiger partial charge in [0.05, 0.1) is 6.42 Å². The number of benzene rings is 2. The Balaban J connectivity index is 0.00000240. The number of hydrogen-bond acceptors (Lipinski definition) is 3. The highest BCUT2D eigenvalue weighted by atomic mass is 35.5. The highest BCUT2D eigenvalue weighted by molar-refractivity contribution is 6.30. The summed E-state index contributed by atoms with van der Waals surface area (Å²) in [4.78, 5) is 14.8. The van der Waals surface area contributed by atoms with Gasteiger partial charge in [0.1, 0.15) is 12.4 Å². The van der Waals surface area contributed by atoms with E-state index < -0.39 is 0 Å². The second-order valence-corrected chi connectivity index (χ2v) is 8.44. The van der Waals surface area contributed by atoms with Crippen LogP contribution in [0.25, 0.3) is 0 Å². The van der Waals surface area contributed by atoms with Gasteiger partial charge in [0, 0.05) is 30.2 Å². The fourth-order valence-corrected chi connectivity index (χ4v) is 4.46. The molecule has 2 bridgehead atoms. The van der Waals surface area contributed by atoms with Gasteiger partial charge in [-0.25, -0.2) is 0 Å². The van der Waals surface area contributed by atoms with E-state index in [1.807, 2.05) is 60.5 Å². The van der Waals surface area contributed by atoms with Gasteiger partial charge in [-0.2, -0.15) is 0 Å². The lowest BCUT2D eigenvalue weighted by Gasteiger charge is -2.35. The van der Waals surface area contributed by atoms with Gasteiger partial charge in [0.15, 0.2) is 0 Å². The number of carbonyl (C=O) groups is 1. The van der Waals surface area contributed by atoms with E-state index in [1.165, 1.54) is 12.8 Å². The van der Waals surface area contributed by atoms with E-state index in [4.69, 9.17) is 16.3 Å². The summed E-state index contributed by atoms with van der Waals surface area (Å²) >= 11 is 5.92. The highest BCUT2D eigenvalue weighted by Crippen LogP contribution is 2.29. The first-order chi connectivity index (χ1) is 13.6. The van der Waals surface area contributed by atoms with E-state index in [-0.39, 0.29) is 18.3 Å². The minimum absolute atomic E-state index is 0. The van der Waals surface area contributed by atoms with Crippen molar-refractivity contribution in [3.05, 3.63) is 64.7 Å². The lowest BCUT2D eigenvalue weighted by molar-refractivity contribution is -0.131. The van der Waals surface area contributed by atoms with Crippen molar-refractivity contribution in [2.24, 2.45) is 0 Å². The van der Waals surface area contributed by atoms with Crippen molar-refractivity contribution in [1.29, 1.82) is 0 Å². The summed E-state index contributed by atoms with van der Waals surface area (Å²) in [6.45, 7) is 0.478. The van der Waals surface area contributed by atoms with Crippen LogP contribution >= 0.6 is 24.0 Å². The van der Waals surface area contributed by atoms with Crippen molar-refractivity contribution in [2.75, 3.05) is 7.05 Å². The van der Waals surface area contributed by atoms with E-state index in [0.717, 1.165) is 34.7 Å². The third-order valence-corrected chi connectivity index (χ3v) is 6.21. The molecular formula is C23H28Cl2N2O2. The standard InChI is InChI=1S/C23H27ClN2O2.ClH/c1-26(21-13-19-9-10-20(14-21)25-19)23(27)12-17-3-2-4-22(11-17)28-15-16-5-7-18(24)8-6-16;/h2-8,11,19-21,25H,9-10,12-15H2,1H3;1H. The van der Waals surface area contributed by atoms with Crippen LogP contribution in [0, 0.1) is 0 Å². The third kappa shape index (κ3) is 5.65. The summed E-state index contributed by atoms with van der Waals surface area (Å²) in [6.07, 6.45) is 5.05. The number of hydrogen-bond donors (Lipinski definition) is 1. The molecule has 2 heterocycles. The van der Waals surface area contributed by atoms with Crippen molar-refractivity contribution in [3.8, 4) is 5.75 Å². The molecule has 29 heavy (non-hydrogen) atoms. The second kappa shape index (κ2) is 9.84. The second-order valence-electron chi connectivity index (χ2n) is 8.01. The fraction of sp³-hybridized carbons (Fsp3) is 0.435. The van der Waals surface area contributed by atoms with E-state index in [1.54, 1.807) is 0 Å². The molecular weight excluding hydrogens is 407 g/mol.